The van der Waals surface area contributed by atoms with Crippen LogP contribution in [0.25, 0.3) is 0 Å². The molecule has 1 aromatic rings. The first kappa shape index (κ1) is 11.9. The molecule has 1 aliphatic heterocycles. The molecule has 1 aliphatic rings. The molecule has 0 saturated carbocycles. The largest absolute Gasteiger partial charge is 0.399 e. The topological polar surface area (TPSA) is 12.0 Å². The fraction of sp³-hybridized carbons (Fsp3) is 0.455. The third kappa shape index (κ3) is 1.86. The monoisotopic (exact) mass is 293 g/mol. The number of halogens is 4. The molecule has 16 heavy (non-hydrogen) atoms. The smallest absolute Gasteiger partial charge is 0.315 e. The molecule has 88 valence electrons. The maximum Gasteiger partial charge on any atom is 0.399 e. The lowest BCUT2D eigenvalue weighted by atomic mass is 9.79. The Morgan fingerprint density at radius 2 is 2.06 bits per heavy atom. The van der Waals surface area contributed by atoms with Gasteiger partial charge in [0.25, 0.3) is 0 Å². The van der Waals surface area contributed by atoms with E-state index in [1.165, 1.54) is 0 Å². The van der Waals surface area contributed by atoms with Crippen LogP contribution in [-0.2, 0) is 5.41 Å². The van der Waals surface area contributed by atoms with E-state index in [0.717, 1.165) is 0 Å². The van der Waals surface area contributed by atoms with Crippen molar-refractivity contribution in [3.8, 4) is 0 Å². The van der Waals surface area contributed by atoms with Crippen molar-refractivity contribution < 1.29 is 13.2 Å². The van der Waals surface area contributed by atoms with Crippen LogP contribution in [0.15, 0.2) is 28.7 Å². The molecule has 2 rings (SSSR count). The predicted molar refractivity (Wildman–Crippen MR) is 59.4 cm³/mol. The fourth-order valence-corrected chi connectivity index (χ4v) is 2.53. The summed E-state index contributed by atoms with van der Waals surface area (Å²) in [6.45, 7) is 0.374. The Balaban J connectivity index is 2.48. The molecule has 1 heterocycles. The second-order valence-corrected chi connectivity index (χ2v) is 4.93. The highest BCUT2D eigenvalue weighted by atomic mass is 79.9. The Morgan fingerprint density at radius 1 is 1.31 bits per heavy atom. The van der Waals surface area contributed by atoms with Crippen molar-refractivity contribution in [2.24, 2.45) is 0 Å². The van der Waals surface area contributed by atoms with Crippen LogP contribution in [0.4, 0.5) is 13.2 Å². The molecule has 0 aromatic heterocycles. The second-order valence-electron chi connectivity index (χ2n) is 4.02. The lowest BCUT2D eigenvalue weighted by molar-refractivity contribution is -0.185. The number of hydrogen-bond donors (Lipinski definition) is 1. The zero-order chi connectivity index (χ0) is 11.8. The molecular weight excluding hydrogens is 283 g/mol. The van der Waals surface area contributed by atoms with Gasteiger partial charge < -0.3 is 5.32 Å². The highest BCUT2D eigenvalue weighted by Gasteiger charge is 2.57. The average Bonchev–Trinajstić information content (AvgIpc) is 2.66. The Labute approximate surface area is 100 Å². The molecule has 1 N–H and O–H groups in total. The standard InChI is InChI=1S/C11H11BrF3N/c12-9-3-1-2-8(6-9)10(11(13,14)15)4-5-16-7-10/h1-3,6,16H,4-5,7H2/t10-/m0/s1. The van der Waals surface area contributed by atoms with Crippen LogP contribution in [0.3, 0.4) is 0 Å². The molecule has 0 aliphatic carbocycles. The van der Waals surface area contributed by atoms with Crippen LogP contribution in [-0.4, -0.2) is 19.3 Å². The van der Waals surface area contributed by atoms with E-state index < -0.39 is 11.6 Å². The summed E-state index contributed by atoms with van der Waals surface area (Å²) in [5, 5.41) is 2.80. The first-order valence-electron chi connectivity index (χ1n) is 4.99. The molecule has 1 nitrogen and oxygen atoms in total. The first-order chi connectivity index (χ1) is 7.46. The van der Waals surface area contributed by atoms with Gasteiger partial charge in [0.1, 0.15) is 5.41 Å². The van der Waals surface area contributed by atoms with Gasteiger partial charge >= 0.3 is 6.18 Å². The third-order valence-corrected chi connectivity index (χ3v) is 3.57. The molecule has 5 heteroatoms. The minimum Gasteiger partial charge on any atom is -0.315 e. The fourth-order valence-electron chi connectivity index (χ4n) is 2.13. The highest BCUT2D eigenvalue weighted by Crippen LogP contribution is 2.45. The van der Waals surface area contributed by atoms with E-state index in [-0.39, 0.29) is 13.0 Å². The summed E-state index contributed by atoms with van der Waals surface area (Å²) in [5.41, 5.74) is -1.39. The van der Waals surface area contributed by atoms with Gasteiger partial charge in [-0.3, -0.25) is 0 Å². The SMILES string of the molecule is FC(F)(F)[C@@]1(c2cccc(Br)c2)CCNC1. The first-order valence-corrected chi connectivity index (χ1v) is 5.78. The molecule has 0 unspecified atom stereocenters. The summed E-state index contributed by atoms with van der Waals surface area (Å²) >= 11 is 3.21. The van der Waals surface area contributed by atoms with Crippen LogP contribution in [0, 0.1) is 0 Å². The van der Waals surface area contributed by atoms with Gasteiger partial charge in [0.2, 0.25) is 0 Å². The molecule has 1 saturated heterocycles. The van der Waals surface area contributed by atoms with Crippen LogP contribution in [0.5, 0.6) is 0 Å². The average molecular weight is 294 g/mol. The van der Waals surface area contributed by atoms with E-state index in [1.807, 2.05) is 0 Å². The van der Waals surface area contributed by atoms with Crippen molar-refractivity contribution in [1.82, 2.24) is 5.32 Å². The van der Waals surface area contributed by atoms with Crippen molar-refractivity contribution in [1.29, 1.82) is 0 Å². The Morgan fingerprint density at radius 3 is 2.56 bits per heavy atom. The minimum atomic E-state index is -4.21. The number of rotatable bonds is 1. The van der Waals surface area contributed by atoms with Crippen molar-refractivity contribution in [2.75, 3.05) is 13.1 Å². The van der Waals surface area contributed by atoms with Gasteiger partial charge in [-0.25, -0.2) is 0 Å². The summed E-state index contributed by atoms with van der Waals surface area (Å²) in [6.07, 6.45) is -4.11. The van der Waals surface area contributed by atoms with Gasteiger partial charge in [0.15, 0.2) is 0 Å². The quantitative estimate of drug-likeness (QED) is 0.838. The maximum atomic E-state index is 13.2. The third-order valence-electron chi connectivity index (χ3n) is 3.08. The Hall–Kier alpha value is -0.550. The van der Waals surface area contributed by atoms with Crippen LogP contribution in [0.1, 0.15) is 12.0 Å². The molecule has 1 aromatic carbocycles. The lowest BCUT2D eigenvalue weighted by Gasteiger charge is -2.31. The molecule has 0 spiro atoms. The van der Waals surface area contributed by atoms with Gasteiger partial charge in [0, 0.05) is 11.0 Å². The van der Waals surface area contributed by atoms with E-state index in [9.17, 15) is 13.2 Å². The minimum absolute atomic E-state index is 0.0348. The van der Waals surface area contributed by atoms with Crippen molar-refractivity contribution >= 4 is 15.9 Å². The second kappa shape index (κ2) is 4.04. The Bertz CT molecular complexity index is 383. The van der Waals surface area contributed by atoms with E-state index in [4.69, 9.17) is 0 Å². The molecular formula is C11H11BrF3N. The van der Waals surface area contributed by atoms with Crippen LogP contribution in [0.2, 0.25) is 0 Å². The van der Waals surface area contributed by atoms with Gasteiger partial charge in [0.05, 0.1) is 0 Å². The summed E-state index contributed by atoms with van der Waals surface area (Å²) in [5.74, 6) is 0. The van der Waals surface area contributed by atoms with Gasteiger partial charge in [-0.1, -0.05) is 28.1 Å². The van der Waals surface area contributed by atoms with Crippen LogP contribution < -0.4 is 5.32 Å². The molecule has 1 fully saturated rings. The van der Waals surface area contributed by atoms with E-state index in [0.29, 0.717) is 16.6 Å². The number of hydrogen-bond acceptors (Lipinski definition) is 1. The molecule has 0 amide bonds. The molecule has 1 atom stereocenters. The molecule has 0 radical (unpaired) electrons. The normalized spacial score (nSPS) is 26.0. The lowest BCUT2D eigenvalue weighted by Crippen LogP contribution is -2.44. The zero-order valence-corrected chi connectivity index (χ0v) is 10.0. The van der Waals surface area contributed by atoms with E-state index >= 15 is 0 Å². The van der Waals surface area contributed by atoms with Crippen LogP contribution >= 0.6 is 15.9 Å². The number of benzene rings is 1. The van der Waals surface area contributed by atoms with Gasteiger partial charge in [-0.15, -0.1) is 0 Å². The van der Waals surface area contributed by atoms with Crippen molar-refractivity contribution in [3.05, 3.63) is 34.3 Å². The van der Waals surface area contributed by atoms with Crippen molar-refractivity contribution in [2.45, 2.75) is 18.0 Å². The summed E-state index contributed by atoms with van der Waals surface area (Å²) in [6, 6.07) is 6.48. The van der Waals surface area contributed by atoms with Gasteiger partial charge in [-0.05, 0) is 30.7 Å². The Kier molecular flexibility index (Phi) is 3.01. The summed E-state index contributed by atoms with van der Waals surface area (Å²) < 4.78 is 40.2. The number of alkyl halides is 3. The number of nitrogens with one attached hydrogen (secondary N) is 1. The van der Waals surface area contributed by atoms with E-state index in [1.54, 1.807) is 24.3 Å². The summed E-state index contributed by atoms with van der Waals surface area (Å²) in [7, 11) is 0. The highest BCUT2D eigenvalue weighted by molar-refractivity contribution is 9.10. The predicted octanol–water partition coefficient (Wildman–Crippen LogP) is 3.24. The van der Waals surface area contributed by atoms with E-state index in [2.05, 4.69) is 21.2 Å². The van der Waals surface area contributed by atoms with Gasteiger partial charge in [-0.2, -0.15) is 13.2 Å². The molecule has 0 bridgehead atoms. The summed E-state index contributed by atoms with van der Waals surface area (Å²) in [4.78, 5) is 0. The zero-order valence-electron chi connectivity index (χ0n) is 8.44. The maximum absolute atomic E-state index is 13.2. The van der Waals surface area contributed by atoms with Crippen molar-refractivity contribution in [3.63, 3.8) is 0 Å².